The van der Waals surface area contributed by atoms with Crippen LogP contribution in [0.3, 0.4) is 0 Å². The average molecular weight is 267 g/mol. The second-order valence-corrected chi connectivity index (χ2v) is 7.10. The largest absolute Gasteiger partial charge is 0.329 e. The first-order valence-electron chi connectivity index (χ1n) is 8.19. The van der Waals surface area contributed by atoms with E-state index in [0.717, 1.165) is 12.5 Å². The lowest BCUT2D eigenvalue weighted by Crippen LogP contribution is -2.60. The zero-order chi connectivity index (χ0) is 13.9. The van der Waals surface area contributed by atoms with Crippen LogP contribution in [0.5, 0.6) is 0 Å². The van der Waals surface area contributed by atoms with Crippen molar-refractivity contribution in [1.82, 2.24) is 9.80 Å². The fraction of sp³-hybridized carbons (Fsp3) is 1.00. The van der Waals surface area contributed by atoms with Crippen molar-refractivity contribution in [1.29, 1.82) is 0 Å². The topological polar surface area (TPSA) is 32.5 Å². The van der Waals surface area contributed by atoms with Gasteiger partial charge in [-0.2, -0.15) is 0 Å². The van der Waals surface area contributed by atoms with Gasteiger partial charge < -0.3 is 10.6 Å². The van der Waals surface area contributed by atoms with Gasteiger partial charge in [0.15, 0.2) is 0 Å². The summed E-state index contributed by atoms with van der Waals surface area (Å²) in [6, 6.07) is 0.658. The van der Waals surface area contributed by atoms with Gasteiger partial charge in [-0.15, -0.1) is 0 Å². The summed E-state index contributed by atoms with van der Waals surface area (Å²) in [5.41, 5.74) is 6.45. The van der Waals surface area contributed by atoms with Gasteiger partial charge in [0, 0.05) is 24.7 Å². The molecule has 1 aliphatic carbocycles. The summed E-state index contributed by atoms with van der Waals surface area (Å²) in [6.45, 7) is 5.60. The standard InChI is InChI=1S/C16H33N3/c1-14-11-16(13-17,9-10-18(14)2)19(3)12-15-7-5-4-6-8-15/h14-15H,4-13,17H2,1-3H3. The Morgan fingerprint density at radius 2 is 1.95 bits per heavy atom. The molecule has 0 aromatic rings. The molecule has 0 spiro atoms. The molecule has 2 fully saturated rings. The van der Waals surface area contributed by atoms with E-state index in [1.54, 1.807) is 0 Å². The molecule has 19 heavy (non-hydrogen) atoms. The highest BCUT2D eigenvalue weighted by Crippen LogP contribution is 2.33. The maximum atomic E-state index is 6.19. The highest BCUT2D eigenvalue weighted by molar-refractivity contribution is 4.98. The first-order chi connectivity index (χ1) is 9.07. The monoisotopic (exact) mass is 267 g/mol. The third-order valence-electron chi connectivity index (χ3n) is 5.80. The number of likely N-dealkylation sites (N-methyl/N-ethyl adjacent to an activating group) is 1. The lowest BCUT2D eigenvalue weighted by molar-refractivity contribution is 0.0150. The van der Waals surface area contributed by atoms with E-state index >= 15 is 0 Å². The van der Waals surface area contributed by atoms with Crippen molar-refractivity contribution < 1.29 is 0 Å². The smallest absolute Gasteiger partial charge is 0.0355 e. The minimum atomic E-state index is 0.253. The molecule has 3 heteroatoms. The Labute approximate surface area is 119 Å². The van der Waals surface area contributed by atoms with Crippen LogP contribution in [-0.4, -0.2) is 55.1 Å². The molecular formula is C16H33N3. The van der Waals surface area contributed by atoms with Crippen molar-refractivity contribution in [3.05, 3.63) is 0 Å². The van der Waals surface area contributed by atoms with Crippen molar-refractivity contribution in [3.8, 4) is 0 Å². The summed E-state index contributed by atoms with van der Waals surface area (Å²) in [6.07, 6.45) is 9.64. The van der Waals surface area contributed by atoms with E-state index in [1.165, 1.54) is 58.0 Å². The second-order valence-electron chi connectivity index (χ2n) is 7.10. The van der Waals surface area contributed by atoms with Crippen LogP contribution >= 0.6 is 0 Å². The number of piperidine rings is 1. The van der Waals surface area contributed by atoms with Crippen molar-refractivity contribution >= 4 is 0 Å². The molecule has 0 radical (unpaired) electrons. The third kappa shape index (κ3) is 3.50. The van der Waals surface area contributed by atoms with Crippen LogP contribution in [0.1, 0.15) is 51.9 Å². The van der Waals surface area contributed by atoms with Gasteiger partial charge in [-0.05, 0) is 59.2 Å². The summed E-state index contributed by atoms with van der Waals surface area (Å²) in [5.74, 6) is 0.914. The molecule has 0 bridgehead atoms. The maximum absolute atomic E-state index is 6.19. The lowest BCUT2D eigenvalue weighted by Gasteiger charge is -2.50. The first-order valence-corrected chi connectivity index (χ1v) is 8.19. The van der Waals surface area contributed by atoms with Crippen LogP contribution in [0, 0.1) is 5.92 Å². The Bertz CT molecular complexity index is 275. The summed E-state index contributed by atoms with van der Waals surface area (Å²) < 4.78 is 0. The Morgan fingerprint density at radius 1 is 1.26 bits per heavy atom. The molecule has 0 amide bonds. The zero-order valence-electron chi connectivity index (χ0n) is 13.2. The van der Waals surface area contributed by atoms with Gasteiger partial charge >= 0.3 is 0 Å². The van der Waals surface area contributed by atoms with Gasteiger partial charge in [0.25, 0.3) is 0 Å². The van der Waals surface area contributed by atoms with Gasteiger partial charge in [0.05, 0.1) is 0 Å². The van der Waals surface area contributed by atoms with E-state index in [1.807, 2.05) is 0 Å². The summed E-state index contributed by atoms with van der Waals surface area (Å²) >= 11 is 0. The Hall–Kier alpha value is -0.120. The predicted octanol–water partition coefficient (Wildman–Crippen LogP) is 2.31. The minimum Gasteiger partial charge on any atom is -0.329 e. The Balaban J connectivity index is 1.95. The molecule has 3 nitrogen and oxygen atoms in total. The quantitative estimate of drug-likeness (QED) is 0.848. The van der Waals surface area contributed by atoms with Gasteiger partial charge in [-0.1, -0.05) is 19.3 Å². The predicted molar refractivity (Wildman–Crippen MR) is 82.3 cm³/mol. The van der Waals surface area contributed by atoms with Crippen LogP contribution < -0.4 is 5.73 Å². The highest BCUT2D eigenvalue weighted by Gasteiger charge is 2.39. The SMILES string of the molecule is CC1CC(CN)(N(C)CC2CCCCC2)CCN1C. The van der Waals surface area contributed by atoms with Crippen LogP contribution in [-0.2, 0) is 0 Å². The highest BCUT2D eigenvalue weighted by atomic mass is 15.2. The number of rotatable bonds is 4. The van der Waals surface area contributed by atoms with E-state index < -0.39 is 0 Å². The third-order valence-corrected chi connectivity index (χ3v) is 5.80. The summed E-state index contributed by atoms with van der Waals surface area (Å²) in [7, 11) is 4.56. The Kier molecular flexibility index (Phi) is 5.27. The van der Waals surface area contributed by atoms with Gasteiger partial charge in [0.2, 0.25) is 0 Å². The molecule has 2 N–H and O–H groups in total. The molecular weight excluding hydrogens is 234 g/mol. The molecule has 1 heterocycles. The molecule has 0 aromatic carbocycles. The molecule has 1 saturated heterocycles. The van der Waals surface area contributed by atoms with E-state index in [4.69, 9.17) is 5.73 Å². The van der Waals surface area contributed by atoms with Crippen molar-refractivity contribution in [2.45, 2.75) is 63.5 Å². The van der Waals surface area contributed by atoms with E-state index in [2.05, 4.69) is 30.8 Å². The zero-order valence-corrected chi connectivity index (χ0v) is 13.2. The van der Waals surface area contributed by atoms with Crippen molar-refractivity contribution in [3.63, 3.8) is 0 Å². The molecule has 112 valence electrons. The Morgan fingerprint density at radius 3 is 2.53 bits per heavy atom. The van der Waals surface area contributed by atoms with Crippen LogP contribution in [0.15, 0.2) is 0 Å². The lowest BCUT2D eigenvalue weighted by atomic mass is 9.81. The molecule has 1 saturated carbocycles. The van der Waals surface area contributed by atoms with Gasteiger partial charge in [-0.3, -0.25) is 4.90 Å². The van der Waals surface area contributed by atoms with E-state index in [0.29, 0.717) is 6.04 Å². The fourth-order valence-electron chi connectivity index (χ4n) is 4.05. The normalized spacial score (nSPS) is 34.9. The van der Waals surface area contributed by atoms with Gasteiger partial charge in [0.1, 0.15) is 0 Å². The number of hydrogen-bond acceptors (Lipinski definition) is 3. The minimum absolute atomic E-state index is 0.253. The van der Waals surface area contributed by atoms with Crippen LogP contribution in [0.2, 0.25) is 0 Å². The van der Waals surface area contributed by atoms with E-state index in [-0.39, 0.29) is 5.54 Å². The molecule has 1 aliphatic heterocycles. The second kappa shape index (κ2) is 6.55. The van der Waals surface area contributed by atoms with Crippen molar-refractivity contribution in [2.75, 3.05) is 33.7 Å². The molecule has 0 aromatic heterocycles. The number of likely N-dealkylation sites (tertiary alicyclic amines) is 1. The first kappa shape index (κ1) is 15.3. The van der Waals surface area contributed by atoms with Crippen LogP contribution in [0.25, 0.3) is 0 Å². The fourth-order valence-corrected chi connectivity index (χ4v) is 4.05. The molecule has 2 unspecified atom stereocenters. The maximum Gasteiger partial charge on any atom is 0.0355 e. The molecule has 2 aliphatic rings. The average Bonchev–Trinajstić information content (AvgIpc) is 2.43. The van der Waals surface area contributed by atoms with Crippen LogP contribution in [0.4, 0.5) is 0 Å². The summed E-state index contributed by atoms with van der Waals surface area (Å²) in [4.78, 5) is 5.09. The molecule has 2 rings (SSSR count). The summed E-state index contributed by atoms with van der Waals surface area (Å²) in [5, 5.41) is 0. The number of hydrogen-bond donors (Lipinski definition) is 1. The molecule has 2 atom stereocenters. The van der Waals surface area contributed by atoms with Crippen molar-refractivity contribution in [2.24, 2.45) is 11.7 Å². The number of nitrogens with two attached hydrogens (primary N) is 1. The van der Waals surface area contributed by atoms with Gasteiger partial charge in [-0.25, -0.2) is 0 Å². The van der Waals surface area contributed by atoms with E-state index in [9.17, 15) is 0 Å². The number of nitrogens with zero attached hydrogens (tertiary/aromatic N) is 2.